The first-order chi connectivity index (χ1) is 12.1. The molecular formula is C22H36O4. The number of hydrogen-bond donors (Lipinski definition) is 0. The third-order valence-corrected chi connectivity index (χ3v) is 7.58. The molecule has 0 aromatic carbocycles. The molecule has 0 aliphatic heterocycles. The molecule has 0 aromatic heterocycles. The lowest BCUT2D eigenvalue weighted by Gasteiger charge is -2.64. The molecule has 4 aliphatic carbocycles. The molecule has 0 N–H and O–H groups in total. The highest BCUT2D eigenvalue weighted by molar-refractivity contribution is 5.80. The van der Waals surface area contributed by atoms with Gasteiger partial charge in [-0.2, -0.15) is 0 Å². The molecule has 4 nitrogen and oxygen atoms in total. The van der Waals surface area contributed by atoms with Gasteiger partial charge in [0.25, 0.3) is 0 Å². The Hall–Kier alpha value is -1.06. The molecule has 2 atom stereocenters. The van der Waals surface area contributed by atoms with Gasteiger partial charge in [0, 0.05) is 0 Å². The number of carbonyl (C=O) groups excluding carboxylic acids is 2. The molecule has 2 unspecified atom stereocenters. The van der Waals surface area contributed by atoms with Gasteiger partial charge < -0.3 is 9.47 Å². The van der Waals surface area contributed by atoms with Crippen molar-refractivity contribution in [3.05, 3.63) is 0 Å². The van der Waals surface area contributed by atoms with Gasteiger partial charge in [-0.05, 0) is 82.0 Å². The van der Waals surface area contributed by atoms with E-state index in [4.69, 9.17) is 9.47 Å². The fourth-order valence-electron chi connectivity index (χ4n) is 6.17. The highest BCUT2D eigenvalue weighted by atomic mass is 16.6. The highest BCUT2D eigenvalue weighted by Crippen LogP contribution is 2.65. The topological polar surface area (TPSA) is 52.6 Å². The van der Waals surface area contributed by atoms with E-state index in [0.717, 1.165) is 18.8 Å². The normalized spacial score (nSPS) is 38.3. The summed E-state index contributed by atoms with van der Waals surface area (Å²) < 4.78 is 11.5. The van der Waals surface area contributed by atoms with Gasteiger partial charge in [0.15, 0.2) is 6.61 Å². The molecule has 0 aromatic rings. The molecule has 0 radical (unpaired) electrons. The monoisotopic (exact) mass is 364 g/mol. The van der Waals surface area contributed by atoms with Crippen LogP contribution in [0.2, 0.25) is 0 Å². The van der Waals surface area contributed by atoms with E-state index in [2.05, 4.69) is 13.8 Å². The first-order valence-electron chi connectivity index (χ1n) is 10.5. The van der Waals surface area contributed by atoms with Crippen molar-refractivity contribution in [2.45, 2.75) is 91.6 Å². The Bertz CT molecular complexity index is 548. The molecule has 4 aliphatic rings. The number of ether oxygens (including phenoxy) is 2. The second kappa shape index (κ2) is 6.83. The number of esters is 2. The smallest absolute Gasteiger partial charge is 0.344 e. The van der Waals surface area contributed by atoms with Crippen LogP contribution in [0, 0.1) is 28.6 Å². The van der Waals surface area contributed by atoms with Crippen LogP contribution in [0.4, 0.5) is 0 Å². The van der Waals surface area contributed by atoms with Crippen molar-refractivity contribution in [1.82, 2.24) is 0 Å². The third kappa shape index (κ3) is 3.41. The summed E-state index contributed by atoms with van der Waals surface area (Å²) in [6, 6.07) is 0. The Morgan fingerprint density at radius 2 is 1.69 bits per heavy atom. The zero-order valence-electron chi connectivity index (χ0n) is 17.2. The first-order valence-corrected chi connectivity index (χ1v) is 10.5. The van der Waals surface area contributed by atoms with Gasteiger partial charge in [0.05, 0.1) is 5.41 Å². The molecule has 26 heavy (non-hydrogen) atoms. The quantitative estimate of drug-likeness (QED) is 0.603. The fraction of sp³-hybridized carbons (Fsp3) is 0.909. The fourth-order valence-corrected chi connectivity index (χ4v) is 6.17. The van der Waals surface area contributed by atoms with Crippen molar-refractivity contribution in [1.29, 1.82) is 0 Å². The van der Waals surface area contributed by atoms with Gasteiger partial charge in [-0.15, -0.1) is 0 Å². The molecule has 4 fully saturated rings. The molecule has 4 saturated carbocycles. The van der Waals surface area contributed by atoms with E-state index >= 15 is 0 Å². The van der Waals surface area contributed by atoms with Gasteiger partial charge in [-0.1, -0.05) is 27.2 Å². The van der Waals surface area contributed by atoms with Crippen LogP contribution < -0.4 is 0 Å². The molecule has 148 valence electrons. The molecule has 0 amide bonds. The van der Waals surface area contributed by atoms with Crippen LogP contribution in [0.25, 0.3) is 0 Å². The van der Waals surface area contributed by atoms with Crippen LogP contribution in [0.15, 0.2) is 0 Å². The van der Waals surface area contributed by atoms with E-state index < -0.39 is 5.41 Å². The van der Waals surface area contributed by atoms with E-state index in [9.17, 15) is 9.59 Å². The van der Waals surface area contributed by atoms with Gasteiger partial charge >= 0.3 is 11.9 Å². The SMILES string of the molecule is CCCC1(OC(=O)COC(=O)C(C)(C)CC)C2CC3CC1CC(C)(C3)C2. The van der Waals surface area contributed by atoms with E-state index in [0.29, 0.717) is 23.7 Å². The molecule has 4 bridgehead atoms. The minimum atomic E-state index is -0.557. The van der Waals surface area contributed by atoms with Crippen molar-refractivity contribution >= 4 is 11.9 Å². The number of rotatable bonds is 7. The Labute approximate surface area is 158 Å². The zero-order valence-corrected chi connectivity index (χ0v) is 17.2. The van der Waals surface area contributed by atoms with E-state index in [1.807, 2.05) is 20.8 Å². The zero-order chi connectivity index (χ0) is 19.2. The molecular weight excluding hydrogens is 328 g/mol. The highest BCUT2D eigenvalue weighted by Gasteiger charge is 2.62. The van der Waals surface area contributed by atoms with E-state index in [1.54, 1.807) is 0 Å². The lowest BCUT2D eigenvalue weighted by molar-refractivity contribution is -0.228. The van der Waals surface area contributed by atoms with Gasteiger partial charge in [-0.25, -0.2) is 4.79 Å². The maximum Gasteiger partial charge on any atom is 0.344 e. The lowest BCUT2D eigenvalue weighted by Crippen LogP contribution is -2.62. The van der Waals surface area contributed by atoms with E-state index in [1.165, 1.54) is 32.1 Å². The standard InChI is InChI=1S/C22H36O4/c1-6-8-22(26-18(23)14-25-19(24)20(3,4)7-2)16-9-15-10-17(22)13-21(5,11-15)12-16/h15-17H,6-14H2,1-5H3. The van der Waals surface area contributed by atoms with Gasteiger partial charge in [0.1, 0.15) is 5.60 Å². The summed E-state index contributed by atoms with van der Waals surface area (Å²) in [5.41, 5.74) is -0.439. The van der Waals surface area contributed by atoms with Crippen molar-refractivity contribution in [3.8, 4) is 0 Å². The maximum atomic E-state index is 12.6. The average molecular weight is 365 g/mol. The molecule has 0 spiro atoms. The maximum absolute atomic E-state index is 12.6. The minimum absolute atomic E-state index is 0.256. The predicted octanol–water partition coefficient (Wildman–Crippen LogP) is 4.89. The van der Waals surface area contributed by atoms with Crippen LogP contribution in [-0.4, -0.2) is 24.1 Å². The van der Waals surface area contributed by atoms with Gasteiger partial charge in [-0.3, -0.25) is 4.79 Å². The second-order valence-electron chi connectivity index (χ2n) is 10.1. The minimum Gasteiger partial charge on any atom is -0.456 e. The van der Waals surface area contributed by atoms with E-state index in [-0.39, 0.29) is 24.1 Å². The Balaban J connectivity index is 1.68. The van der Waals surface area contributed by atoms with Crippen molar-refractivity contribution in [2.24, 2.45) is 28.6 Å². The largest absolute Gasteiger partial charge is 0.456 e. The Kier molecular flexibility index (Phi) is 5.18. The lowest BCUT2D eigenvalue weighted by atomic mass is 9.44. The third-order valence-electron chi connectivity index (χ3n) is 7.58. The van der Waals surface area contributed by atoms with Crippen LogP contribution in [0.5, 0.6) is 0 Å². The van der Waals surface area contributed by atoms with Crippen LogP contribution in [-0.2, 0) is 19.1 Å². The predicted molar refractivity (Wildman–Crippen MR) is 100 cm³/mol. The van der Waals surface area contributed by atoms with Crippen LogP contribution in [0.3, 0.4) is 0 Å². The number of hydrogen-bond acceptors (Lipinski definition) is 4. The summed E-state index contributed by atoms with van der Waals surface area (Å²) in [6.45, 7) is 9.98. The Morgan fingerprint density at radius 3 is 2.19 bits per heavy atom. The first kappa shape index (κ1) is 19.7. The van der Waals surface area contributed by atoms with Crippen LogP contribution >= 0.6 is 0 Å². The molecule has 4 heteroatoms. The summed E-state index contributed by atoms with van der Waals surface area (Å²) in [7, 11) is 0. The molecule has 4 rings (SSSR count). The van der Waals surface area contributed by atoms with Gasteiger partial charge in [0.2, 0.25) is 0 Å². The molecule has 0 heterocycles. The van der Waals surface area contributed by atoms with Crippen molar-refractivity contribution < 1.29 is 19.1 Å². The van der Waals surface area contributed by atoms with Crippen molar-refractivity contribution in [3.63, 3.8) is 0 Å². The summed E-state index contributed by atoms with van der Waals surface area (Å²) in [5, 5.41) is 0. The Morgan fingerprint density at radius 1 is 1.08 bits per heavy atom. The van der Waals surface area contributed by atoms with Crippen LogP contribution in [0.1, 0.15) is 86.0 Å². The number of carbonyl (C=O) groups is 2. The summed E-state index contributed by atoms with van der Waals surface area (Å²) in [6.07, 6.45) is 8.73. The summed E-state index contributed by atoms with van der Waals surface area (Å²) in [4.78, 5) is 24.8. The van der Waals surface area contributed by atoms with Crippen molar-refractivity contribution in [2.75, 3.05) is 6.61 Å². The summed E-state index contributed by atoms with van der Waals surface area (Å²) >= 11 is 0. The summed E-state index contributed by atoms with van der Waals surface area (Å²) in [5.74, 6) is 1.08. The average Bonchev–Trinajstić information content (AvgIpc) is 2.56. The molecule has 0 saturated heterocycles. The second-order valence-corrected chi connectivity index (χ2v) is 10.1.